The monoisotopic (exact) mass is 253 g/mol. The Morgan fingerprint density at radius 1 is 1.50 bits per heavy atom. The van der Waals surface area contributed by atoms with E-state index in [1.54, 1.807) is 26.8 Å². The van der Waals surface area contributed by atoms with E-state index >= 15 is 0 Å². The van der Waals surface area contributed by atoms with Crippen LogP contribution in [0.1, 0.15) is 47.0 Å². The zero-order chi connectivity index (χ0) is 13.9. The molecule has 4 heteroatoms. The second-order valence-corrected chi connectivity index (χ2v) is 5.84. The van der Waals surface area contributed by atoms with Crippen LogP contribution in [0.4, 0.5) is 4.79 Å². The Bertz CT molecular complexity index is 343. The summed E-state index contributed by atoms with van der Waals surface area (Å²) in [6, 6.07) is -0.0894. The fourth-order valence-corrected chi connectivity index (χ4v) is 2.11. The lowest BCUT2D eigenvalue weighted by atomic mass is 9.90. The van der Waals surface area contributed by atoms with Crippen molar-refractivity contribution in [2.45, 2.75) is 58.6 Å². The highest BCUT2D eigenvalue weighted by Crippen LogP contribution is 2.27. The summed E-state index contributed by atoms with van der Waals surface area (Å²) >= 11 is 0. The number of rotatable bonds is 2. The molecule has 2 atom stereocenters. The maximum absolute atomic E-state index is 12.2. The van der Waals surface area contributed by atoms with Gasteiger partial charge in [0, 0.05) is 12.0 Å². The SMILES string of the molecule is C=CC[C@H]1CC[C@H](C)N(C(=O)OC(C)(C)C)C1=O. The van der Waals surface area contributed by atoms with Crippen molar-refractivity contribution in [3.05, 3.63) is 12.7 Å². The van der Waals surface area contributed by atoms with E-state index < -0.39 is 11.7 Å². The number of allylic oxidation sites excluding steroid dienone is 1. The number of carbonyl (C=O) groups is 2. The van der Waals surface area contributed by atoms with Crippen LogP contribution < -0.4 is 0 Å². The first-order valence-corrected chi connectivity index (χ1v) is 6.43. The fraction of sp³-hybridized carbons (Fsp3) is 0.714. The lowest BCUT2D eigenvalue weighted by molar-refractivity contribution is -0.139. The molecule has 0 aromatic carbocycles. The van der Waals surface area contributed by atoms with Crippen molar-refractivity contribution >= 4 is 12.0 Å². The molecule has 1 saturated heterocycles. The summed E-state index contributed by atoms with van der Waals surface area (Å²) in [5.74, 6) is -0.269. The van der Waals surface area contributed by atoms with Crippen LogP contribution in [0.3, 0.4) is 0 Å². The van der Waals surface area contributed by atoms with Gasteiger partial charge in [0.25, 0.3) is 0 Å². The number of hydrogen-bond donors (Lipinski definition) is 0. The molecule has 0 unspecified atom stereocenters. The minimum absolute atomic E-state index is 0.0894. The molecule has 0 spiro atoms. The van der Waals surface area contributed by atoms with Crippen LogP contribution in [0.2, 0.25) is 0 Å². The van der Waals surface area contributed by atoms with Crippen LogP contribution in [0.25, 0.3) is 0 Å². The predicted molar refractivity (Wildman–Crippen MR) is 70.1 cm³/mol. The second-order valence-electron chi connectivity index (χ2n) is 5.84. The topological polar surface area (TPSA) is 46.6 Å². The highest BCUT2D eigenvalue weighted by molar-refractivity contribution is 5.94. The van der Waals surface area contributed by atoms with E-state index in [9.17, 15) is 9.59 Å². The first-order valence-electron chi connectivity index (χ1n) is 6.43. The molecular weight excluding hydrogens is 230 g/mol. The summed E-state index contributed by atoms with van der Waals surface area (Å²) < 4.78 is 5.28. The number of carbonyl (C=O) groups excluding carboxylic acids is 2. The Hall–Kier alpha value is -1.32. The van der Waals surface area contributed by atoms with Crippen molar-refractivity contribution in [3.63, 3.8) is 0 Å². The summed E-state index contributed by atoms with van der Waals surface area (Å²) in [5.41, 5.74) is -0.581. The number of hydrogen-bond acceptors (Lipinski definition) is 3. The largest absolute Gasteiger partial charge is 0.443 e. The maximum atomic E-state index is 12.2. The molecule has 1 aliphatic rings. The maximum Gasteiger partial charge on any atom is 0.417 e. The molecule has 0 aromatic heterocycles. The third kappa shape index (κ3) is 3.59. The van der Waals surface area contributed by atoms with Crippen LogP contribution in [0, 0.1) is 5.92 Å². The van der Waals surface area contributed by atoms with Crippen LogP contribution in [0.5, 0.6) is 0 Å². The van der Waals surface area contributed by atoms with Crippen molar-refractivity contribution in [2.24, 2.45) is 5.92 Å². The number of piperidine rings is 1. The summed E-state index contributed by atoms with van der Waals surface area (Å²) in [5, 5.41) is 0. The molecule has 0 aromatic rings. The molecule has 1 heterocycles. The van der Waals surface area contributed by atoms with Gasteiger partial charge in [-0.15, -0.1) is 6.58 Å². The third-order valence-electron chi connectivity index (χ3n) is 3.00. The van der Waals surface area contributed by atoms with E-state index in [1.165, 1.54) is 4.90 Å². The van der Waals surface area contributed by atoms with Gasteiger partial charge in [0.1, 0.15) is 5.60 Å². The Kier molecular flexibility index (Phi) is 4.54. The van der Waals surface area contributed by atoms with Gasteiger partial charge < -0.3 is 4.74 Å². The molecule has 1 aliphatic heterocycles. The Balaban J connectivity index is 2.80. The van der Waals surface area contributed by atoms with Crippen LogP contribution in [-0.2, 0) is 9.53 Å². The van der Waals surface area contributed by atoms with E-state index in [-0.39, 0.29) is 17.9 Å². The van der Waals surface area contributed by atoms with Crippen molar-refractivity contribution in [3.8, 4) is 0 Å². The van der Waals surface area contributed by atoms with Crippen molar-refractivity contribution < 1.29 is 14.3 Å². The average Bonchev–Trinajstić information content (AvgIpc) is 2.20. The average molecular weight is 253 g/mol. The minimum Gasteiger partial charge on any atom is -0.443 e. The summed E-state index contributed by atoms with van der Waals surface area (Å²) in [7, 11) is 0. The predicted octanol–water partition coefficient (Wildman–Crippen LogP) is 3.12. The zero-order valence-electron chi connectivity index (χ0n) is 11.7. The smallest absolute Gasteiger partial charge is 0.417 e. The lowest BCUT2D eigenvalue weighted by Gasteiger charge is -2.36. The summed E-state index contributed by atoms with van der Waals surface area (Å²) in [6.45, 7) is 10.9. The normalized spacial score (nSPS) is 24.9. The minimum atomic E-state index is -0.581. The standard InChI is InChI=1S/C14H23NO3/c1-6-7-11-9-8-10(2)15(12(11)16)13(17)18-14(3,4)5/h6,10-11H,1,7-9H2,2-5H3/t10-,11-/m0/s1. The molecular formula is C14H23NO3. The van der Waals surface area contributed by atoms with Crippen LogP contribution in [-0.4, -0.2) is 28.5 Å². The van der Waals surface area contributed by atoms with Crippen LogP contribution >= 0.6 is 0 Å². The lowest BCUT2D eigenvalue weighted by Crippen LogP contribution is -2.51. The molecule has 0 bridgehead atoms. The van der Waals surface area contributed by atoms with E-state index in [1.807, 2.05) is 6.92 Å². The van der Waals surface area contributed by atoms with E-state index in [0.29, 0.717) is 6.42 Å². The molecule has 0 radical (unpaired) electrons. The fourth-order valence-electron chi connectivity index (χ4n) is 2.11. The molecule has 18 heavy (non-hydrogen) atoms. The van der Waals surface area contributed by atoms with Gasteiger partial charge in [-0.3, -0.25) is 4.79 Å². The van der Waals surface area contributed by atoms with Crippen molar-refractivity contribution in [1.29, 1.82) is 0 Å². The molecule has 0 aliphatic carbocycles. The molecule has 1 rings (SSSR count). The number of amides is 2. The van der Waals surface area contributed by atoms with Gasteiger partial charge >= 0.3 is 6.09 Å². The highest BCUT2D eigenvalue weighted by atomic mass is 16.6. The molecule has 1 fully saturated rings. The van der Waals surface area contributed by atoms with Gasteiger partial charge in [0.2, 0.25) is 5.91 Å². The number of imide groups is 1. The van der Waals surface area contributed by atoms with E-state index in [2.05, 4.69) is 6.58 Å². The second kappa shape index (κ2) is 5.55. The Morgan fingerprint density at radius 3 is 2.61 bits per heavy atom. The number of ether oxygens (including phenoxy) is 1. The van der Waals surface area contributed by atoms with Crippen molar-refractivity contribution in [1.82, 2.24) is 4.90 Å². The molecule has 0 saturated carbocycles. The van der Waals surface area contributed by atoms with Gasteiger partial charge in [-0.05, 0) is 47.0 Å². The molecule has 2 amide bonds. The van der Waals surface area contributed by atoms with Crippen molar-refractivity contribution in [2.75, 3.05) is 0 Å². The van der Waals surface area contributed by atoms with Gasteiger partial charge in [0.05, 0.1) is 0 Å². The highest BCUT2D eigenvalue weighted by Gasteiger charge is 2.38. The summed E-state index contributed by atoms with van der Waals surface area (Å²) in [4.78, 5) is 25.5. The Morgan fingerprint density at radius 2 is 2.11 bits per heavy atom. The van der Waals surface area contributed by atoms with Gasteiger partial charge in [0.15, 0.2) is 0 Å². The zero-order valence-corrected chi connectivity index (χ0v) is 11.7. The Labute approximate surface area is 109 Å². The molecule has 4 nitrogen and oxygen atoms in total. The summed E-state index contributed by atoms with van der Waals surface area (Å²) in [6.07, 6.45) is 3.44. The first-order chi connectivity index (χ1) is 8.26. The number of likely N-dealkylation sites (tertiary alicyclic amines) is 1. The van der Waals surface area contributed by atoms with Gasteiger partial charge in [-0.2, -0.15) is 0 Å². The van der Waals surface area contributed by atoms with Crippen LogP contribution in [0.15, 0.2) is 12.7 Å². The van der Waals surface area contributed by atoms with Gasteiger partial charge in [-0.1, -0.05) is 6.08 Å². The molecule has 0 N–H and O–H groups in total. The molecule has 102 valence electrons. The van der Waals surface area contributed by atoms with E-state index in [4.69, 9.17) is 4.74 Å². The quantitative estimate of drug-likeness (QED) is 0.710. The third-order valence-corrected chi connectivity index (χ3v) is 3.00. The van der Waals surface area contributed by atoms with E-state index in [0.717, 1.165) is 12.8 Å². The van der Waals surface area contributed by atoms with Gasteiger partial charge in [-0.25, -0.2) is 9.69 Å². The first kappa shape index (κ1) is 14.7. The number of nitrogens with zero attached hydrogens (tertiary/aromatic N) is 1.